The Morgan fingerprint density at radius 2 is 2.00 bits per heavy atom. The Morgan fingerprint density at radius 1 is 1.35 bits per heavy atom. The highest BCUT2D eigenvalue weighted by Crippen LogP contribution is 2.39. The minimum Gasteiger partial charge on any atom is -0.467 e. The van der Waals surface area contributed by atoms with Crippen LogP contribution >= 0.6 is 0 Å². The Kier molecular flexibility index (Phi) is 3.37. The van der Waals surface area contributed by atoms with Gasteiger partial charge in [-0.05, 0) is 25.1 Å². The molecule has 0 amide bonds. The van der Waals surface area contributed by atoms with Gasteiger partial charge >= 0.3 is 12.1 Å². The lowest BCUT2D eigenvalue weighted by atomic mass is 10.1. The smallest absolute Gasteiger partial charge is 0.419 e. The van der Waals surface area contributed by atoms with Gasteiger partial charge in [-0.15, -0.1) is 0 Å². The Balaban J connectivity index is 2.67. The first-order valence-electron chi connectivity index (χ1n) is 5.81. The van der Waals surface area contributed by atoms with Crippen molar-refractivity contribution in [1.29, 1.82) is 0 Å². The van der Waals surface area contributed by atoms with E-state index in [1.807, 2.05) is 0 Å². The number of hydrogen-bond acceptors (Lipinski definition) is 3. The highest BCUT2D eigenvalue weighted by atomic mass is 19.4. The van der Waals surface area contributed by atoms with Crippen LogP contribution in [0.3, 0.4) is 0 Å². The average molecular weight is 286 g/mol. The fourth-order valence-corrected chi connectivity index (χ4v) is 2.19. The molecule has 2 rings (SSSR count). The third kappa shape index (κ3) is 2.19. The van der Waals surface area contributed by atoms with E-state index in [0.717, 1.165) is 0 Å². The number of nitrogens with zero attached hydrogens (tertiary/aromatic N) is 1. The van der Waals surface area contributed by atoms with E-state index in [1.54, 1.807) is 6.92 Å². The molecule has 1 heterocycles. The molecule has 1 aromatic heterocycles. The fourth-order valence-electron chi connectivity index (χ4n) is 2.19. The Morgan fingerprint density at radius 3 is 2.55 bits per heavy atom. The van der Waals surface area contributed by atoms with Gasteiger partial charge in [-0.3, -0.25) is 0 Å². The molecule has 2 aromatic rings. The second kappa shape index (κ2) is 4.73. The van der Waals surface area contributed by atoms with Crippen LogP contribution in [-0.2, 0) is 15.7 Å². The molecule has 1 unspecified atom stereocenters. The SMILES string of the molecule is COC(=O)C(C)n1ccc2c(C(F)(F)F)c(N)ccc21. The summed E-state index contributed by atoms with van der Waals surface area (Å²) in [6, 6.07) is 3.22. The molecule has 20 heavy (non-hydrogen) atoms. The lowest BCUT2D eigenvalue weighted by Crippen LogP contribution is -2.17. The molecule has 0 aliphatic heterocycles. The maximum atomic E-state index is 13.0. The zero-order valence-corrected chi connectivity index (χ0v) is 10.9. The molecule has 108 valence electrons. The molecule has 7 heteroatoms. The summed E-state index contributed by atoms with van der Waals surface area (Å²) >= 11 is 0. The van der Waals surface area contributed by atoms with Crippen LogP contribution in [0.5, 0.6) is 0 Å². The van der Waals surface area contributed by atoms with Gasteiger partial charge in [-0.25, -0.2) is 4.79 Å². The van der Waals surface area contributed by atoms with Crippen LogP contribution in [0.1, 0.15) is 18.5 Å². The number of nitrogens with two attached hydrogens (primary N) is 1. The molecule has 0 radical (unpaired) electrons. The van der Waals surface area contributed by atoms with Crippen molar-refractivity contribution in [3.8, 4) is 0 Å². The summed E-state index contributed by atoms with van der Waals surface area (Å²) in [5, 5.41) is -0.0340. The lowest BCUT2D eigenvalue weighted by Gasteiger charge is -2.15. The van der Waals surface area contributed by atoms with Crippen LogP contribution in [0.2, 0.25) is 0 Å². The zero-order chi connectivity index (χ0) is 15.1. The van der Waals surface area contributed by atoms with Gasteiger partial charge in [0.1, 0.15) is 6.04 Å². The van der Waals surface area contributed by atoms with Crippen molar-refractivity contribution in [1.82, 2.24) is 4.57 Å². The van der Waals surface area contributed by atoms with Crippen molar-refractivity contribution < 1.29 is 22.7 Å². The van der Waals surface area contributed by atoms with Crippen molar-refractivity contribution in [2.75, 3.05) is 12.8 Å². The van der Waals surface area contributed by atoms with E-state index in [2.05, 4.69) is 4.74 Å². The van der Waals surface area contributed by atoms with Gasteiger partial charge < -0.3 is 15.0 Å². The maximum absolute atomic E-state index is 13.0. The highest BCUT2D eigenvalue weighted by molar-refractivity contribution is 5.90. The molecule has 0 aliphatic rings. The first-order chi connectivity index (χ1) is 9.27. The van der Waals surface area contributed by atoms with Gasteiger partial charge in [0, 0.05) is 22.8 Å². The Labute approximate surface area is 112 Å². The number of nitrogen functional groups attached to an aromatic ring is 1. The van der Waals surface area contributed by atoms with Gasteiger partial charge in [0.2, 0.25) is 0 Å². The van der Waals surface area contributed by atoms with Crippen LogP contribution in [-0.4, -0.2) is 17.6 Å². The van der Waals surface area contributed by atoms with Crippen LogP contribution in [0.4, 0.5) is 18.9 Å². The predicted molar refractivity (Wildman–Crippen MR) is 68.1 cm³/mol. The second-order valence-electron chi connectivity index (χ2n) is 4.38. The predicted octanol–water partition coefficient (Wildman–Crippen LogP) is 2.98. The van der Waals surface area contributed by atoms with E-state index in [-0.39, 0.29) is 16.6 Å². The number of esters is 1. The first kappa shape index (κ1) is 14.2. The van der Waals surface area contributed by atoms with E-state index in [0.29, 0.717) is 0 Å². The number of methoxy groups -OCH3 is 1. The summed E-state index contributed by atoms with van der Waals surface area (Å²) in [5.41, 5.74) is 4.48. The number of hydrogen-bond donors (Lipinski definition) is 1. The zero-order valence-electron chi connectivity index (χ0n) is 10.9. The lowest BCUT2D eigenvalue weighted by molar-refractivity contribution is -0.143. The fraction of sp³-hybridized carbons (Fsp3) is 0.308. The number of benzene rings is 1. The number of halogens is 3. The molecular formula is C13H13F3N2O2. The summed E-state index contributed by atoms with van der Waals surface area (Å²) in [6.07, 6.45) is -3.13. The van der Waals surface area contributed by atoms with Gasteiger partial charge in [-0.1, -0.05) is 0 Å². The molecule has 1 atom stereocenters. The number of aromatic nitrogens is 1. The summed E-state index contributed by atoms with van der Waals surface area (Å²) in [5.74, 6) is -0.534. The molecule has 0 fully saturated rings. The number of anilines is 1. The van der Waals surface area contributed by atoms with Crippen molar-refractivity contribution in [3.05, 3.63) is 30.0 Å². The standard InChI is InChI=1S/C13H13F3N2O2/c1-7(12(19)20-2)18-6-5-8-10(18)4-3-9(17)11(8)13(14,15)16/h3-7H,17H2,1-2H3. The maximum Gasteiger partial charge on any atom is 0.419 e. The van der Waals surface area contributed by atoms with Crippen LogP contribution in [0, 0.1) is 0 Å². The Bertz CT molecular complexity index is 661. The van der Waals surface area contributed by atoms with E-state index in [1.165, 1.54) is 36.1 Å². The van der Waals surface area contributed by atoms with E-state index in [9.17, 15) is 18.0 Å². The van der Waals surface area contributed by atoms with Crippen molar-refractivity contribution in [3.63, 3.8) is 0 Å². The molecule has 0 bridgehead atoms. The molecule has 4 nitrogen and oxygen atoms in total. The molecule has 0 aliphatic carbocycles. The van der Waals surface area contributed by atoms with Gasteiger partial charge in [0.25, 0.3) is 0 Å². The van der Waals surface area contributed by atoms with Crippen LogP contribution < -0.4 is 5.73 Å². The molecule has 0 saturated heterocycles. The van der Waals surface area contributed by atoms with Gasteiger partial charge in [-0.2, -0.15) is 13.2 Å². The summed E-state index contributed by atoms with van der Waals surface area (Å²) in [4.78, 5) is 11.5. The van der Waals surface area contributed by atoms with E-state index >= 15 is 0 Å². The monoisotopic (exact) mass is 286 g/mol. The topological polar surface area (TPSA) is 57.2 Å². The number of fused-ring (bicyclic) bond motifs is 1. The number of carbonyl (C=O) groups is 1. The molecular weight excluding hydrogens is 273 g/mol. The molecule has 1 aromatic carbocycles. The number of rotatable bonds is 2. The Hall–Kier alpha value is -2.18. The van der Waals surface area contributed by atoms with E-state index in [4.69, 9.17) is 5.73 Å². The quantitative estimate of drug-likeness (QED) is 0.682. The molecule has 2 N–H and O–H groups in total. The van der Waals surface area contributed by atoms with Gasteiger partial charge in [0.05, 0.1) is 12.7 Å². The average Bonchev–Trinajstić information content (AvgIpc) is 2.78. The highest BCUT2D eigenvalue weighted by Gasteiger charge is 2.35. The summed E-state index contributed by atoms with van der Waals surface area (Å²) < 4.78 is 45.1. The molecule has 0 spiro atoms. The minimum absolute atomic E-state index is 0.0340. The first-order valence-corrected chi connectivity index (χ1v) is 5.81. The van der Waals surface area contributed by atoms with Gasteiger partial charge in [0.15, 0.2) is 0 Å². The third-order valence-corrected chi connectivity index (χ3v) is 3.18. The van der Waals surface area contributed by atoms with Crippen molar-refractivity contribution >= 4 is 22.6 Å². The van der Waals surface area contributed by atoms with Crippen LogP contribution in [0.15, 0.2) is 24.4 Å². The van der Waals surface area contributed by atoms with Crippen molar-refractivity contribution in [2.45, 2.75) is 19.1 Å². The molecule has 0 saturated carbocycles. The van der Waals surface area contributed by atoms with Crippen LogP contribution in [0.25, 0.3) is 10.9 Å². The number of alkyl halides is 3. The number of ether oxygens (including phenoxy) is 1. The summed E-state index contributed by atoms with van der Waals surface area (Å²) in [7, 11) is 1.23. The summed E-state index contributed by atoms with van der Waals surface area (Å²) in [6.45, 7) is 1.55. The van der Waals surface area contributed by atoms with E-state index < -0.39 is 23.8 Å². The second-order valence-corrected chi connectivity index (χ2v) is 4.38. The normalized spacial score (nSPS) is 13.4. The largest absolute Gasteiger partial charge is 0.467 e. The minimum atomic E-state index is -4.55. The third-order valence-electron chi connectivity index (χ3n) is 3.18. The van der Waals surface area contributed by atoms with Crippen molar-refractivity contribution in [2.24, 2.45) is 0 Å². The number of carbonyl (C=O) groups excluding carboxylic acids is 1.